The fraction of sp³-hybridized carbons (Fsp3) is 0.647. The second kappa shape index (κ2) is 7.09. The van der Waals surface area contributed by atoms with Crippen LogP contribution in [0, 0.1) is 0 Å². The lowest BCUT2D eigenvalue weighted by atomic mass is 9.84. The van der Waals surface area contributed by atoms with Gasteiger partial charge in [0, 0.05) is 33.2 Å². The summed E-state index contributed by atoms with van der Waals surface area (Å²) in [7, 11) is -0.217. The van der Waals surface area contributed by atoms with Gasteiger partial charge in [0.1, 0.15) is 0 Å². The van der Waals surface area contributed by atoms with E-state index >= 15 is 0 Å². The average Bonchev–Trinajstić information content (AvgIpc) is 2.56. The summed E-state index contributed by atoms with van der Waals surface area (Å²) < 4.78 is 29.5. The molecule has 2 saturated heterocycles. The van der Waals surface area contributed by atoms with Crippen molar-refractivity contribution < 1.29 is 8.42 Å². The molecule has 1 spiro atoms. The quantitative estimate of drug-likeness (QED) is 0.825. The standard InChI is InChI=1S/C17H28N4O2S/c1-20(2)24(22,23)21-16(12-15-6-4-3-5-7-15)13-19-14-17(21)8-10-18-11-9-17/h3-7,16,18-19H,8-14H2,1-2H3. The van der Waals surface area contributed by atoms with E-state index in [1.165, 1.54) is 9.87 Å². The van der Waals surface area contributed by atoms with Crippen molar-refractivity contribution in [3.63, 3.8) is 0 Å². The molecule has 0 bridgehead atoms. The molecule has 0 amide bonds. The van der Waals surface area contributed by atoms with Crippen LogP contribution in [0.25, 0.3) is 0 Å². The highest BCUT2D eigenvalue weighted by Crippen LogP contribution is 2.34. The molecule has 24 heavy (non-hydrogen) atoms. The molecule has 2 aliphatic rings. The van der Waals surface area contributed by atoms with E-state index in [1.807, 2.05) is 22.5 Å². The van der Waals surface area contributed by atoms with Gasteiger partial charge in [-0.05, 0) is 37.9 Å². The van der Waals surface area contributed by atoms with Crippen LogP contribution in [-0.2, 0) is 16.6 Å². The van der Waals surface area contributed by atoms with Crippen molar-refractivity contribution in [3.8, 4) is 0 Å². The monoisotopic (exact) mass is 352 g/mol. The van der Waals surface area contributed by atoms with Crippen molar-refractivity contribution in [3.05, 3.63) is 35.9 Å². The molecule has 1 aromatic carbocycles. The lowest BCUT2D eigenvalue weighted by molar-refractivity contribution is 0.0615. The molecule has 2 aliphatic heterocycles. The Kier molecular flexibility index (Phi) is 5.27. The van der Waals surface area contributed by atoms with Crippen LogP contribution in [0.4, 0.5) is 0 Å². The van der Waals surface area contributed by atoms with Gasteiger partial charge in [-0.15, -0.1) is 0 Å². The molecule has 0 saturated carbocycles. The third kappa shape index (κ3) is 3.36. The van der Waals surface area contributed by atoms with Crippen LogP contribution in [0.2, 0.25) is 0 Å². The van der Waals surface area contributed by atoms with Crippen LogP contribution < -0.4 is 10.6 Å². The fourth-order valence-corrected chi connectivity index (χ4v) is 5.57. The number of hydrogen-bond acceptors (Lipinski definition) is 4. The van der Waals surface area contributed by atoms with Gasteiger partial charge in [0.05, 0.1) is 5.54 Å². The number of hydrogen-bond donors (Lipinski definition) is 2. The van der Waals surface area contributed by atoms with E-state index in [0.29, 0.717) is 6.54 Å². The van der Waals surface area contributed by atoms with Crippen LogP contribution in [0.3, 0.4) is 0 Å². The van der Waals surface area contributed by atoms with Gasteiger partial charge in [0.2, 0.25) is 0 Å². The zero-order chi connectivity index (χ0) is 17.2. The summed E-state index contributed by atoms with van der Waals surface area (Å²) >= 11 is 0. The Morgan fingerprint density at radius 2 is 1.83 bits per heavy atom. The first-order valence-corrected chi connectivity index (χ1v) is 10.0. The summed E-state index contributed by atoms with van der Waals surface area (Å²) in [6, 6.07) is 10.1. The van der Waals surface area contributed by atoms with Gasteiger partial charge in [0.25, 0.3) is 10.2 Å². The molecule has 0 aliphatic carbocycles. The number of rotatable bonds is 4. The Balaban J connectivity index is 1.96. The Morgan fingerprint density at radius 3 is 2.46 bits per heavy atom. The van der Waals surface area contributed by atoms with Crippen LogP contribution in [0.15, 0.2) is 30.3 Å². The number of nitrogens with one attached hydrogen (secondary N) is 2. The minimum absolute atomic E-state index is 0.0633. The third-order valence-corrected chi connectivity index (χ3v) is 7.30. The summed E-state index contributed by atoms with van der Waals surface area (Å²) in [6.07, 6.45) is 2.42. The highest BCUT2D eigenvalue weighted by Gasteiger charge is 2.50. The van der Waals surface area contributed by atoms with Crippen molar-refractivity contribution >= 4 is 10.2 Å². The third-order valence-electron chi connectivity index (χ3n) is 5.19. The van der Waals surface area contributed by atoms with Crippen molar-refractivity contribution in [2.75, 3.05) is 40.3 Å². The van der Waals surface area contributed by atoms with Gasteiger partial charge < -0.3 is 10.6 Å². The minimum atomic E-state index is -3.48. The first kappa shape index (κ1) is 17.8. The van der Waals surface area contributed by atoms with E-state index in [9.17, 15) is 8.42 Å². The maximum absolute atomic E-state index is 13.2. The fourth-order valence-electron chi connectivity index (χ4n) is 3.96. The zero-order valence-electron chi connectivity index (χ0n) is 14.5. The molecule has 1 aromatic rings. The molecule has 2 N–H and O–H groups in total. The zero-order valence-corrected chi connectivity index (χ0v) is 15.3. The molecule has 2 heterocycles. The number of piperazine rings is 1. The van der Waals surface area contributed by atoms with Crippen LogP contribution in [-0.4, -0.2) is 68.9 Å². The Hall–Kier alpha value is -0.990. The first-order valence-electron chi connectivity index (χ1n) is 8.63. The van der Waals surface area contributed by atoms with E-state index in [2.05, 4.69) is 22.8 Å². The molecule has 6 nitrogen and oxygen atoms in total. The van der Waals surface area contributed by atoms with E-state index in [-0.39, 0.29) is 11.6 Å². The van der Waals surface area contributed by atoms with Crippen molar-refractivity contribution in [1.82, 2.24) is 19.2 Å². The van der Waals surface area contributed by atoms with Crippen molar-refractivity contribution in [1.29, 1.82) is 0 Å². The SMILES string of the molecule is CN(C)S(=O)(=O)N1C(Cc2ccccc2)CNCC12CCNCC2. The molecule has 1 atom stereocenters. The normalized spacial score (nSPS) is 25.2. The minimum Gasteiger partial charge on any atom is -0.317 e. The van der Waals surface area contributed by atoms with Gasteiger partial charge >= 0.3 is 0 Å². The van der Waals surface area contributed by atoms with Gasteiger partial charge in [-0.3, -0.25) is 0 Å². The Labute approximate surface area is 145 Å². The lowest BCUT2D eigenvalue weighted by Gasteiger charge is -2.53. The highest BCUT2D eigenvalue weighted by atomic mass is 32.2. The van der Waals surface area contributed by atoms with Crippen LogP contribution in [0.5, 0.6) is 0 Å². The topological polar surface area (TPSA) is 64.7 Å². The molecule has 3 rings (SSSR count). The van der Waals surface area contributed by atoms with Gasteiger partial charge in [0.15, 0.2) is 0 Å². The first-order chi connectivity index (χ1) is 11.5. The van der Waals surface area contributed by atoms with Gasteiger partial charge in [-0.25, -0.2) is 0 Å². The summed E-state index contributed by atoms with van der Waals surface area (Å²) in [6.45, 7) is 3.14. The Bertz CT molecular complexity index is 636. The predicted molar refractivity (Wildman–Crippen MR) is 96.1 cm³/mol. The predicted octanol–water partition coefficient (Wildman–Crippen LogP) is 0.432. The maximum atomic E-state index is 13.2. The smallest absolute Gasteiger partial charge is 0.282 e. The van der Waals surface area contributed by atoms with Crippen molar-refractivity contribution in [2.45, 2.75) is 30.8 Å². The average molecular weight is 353 g/mol. The molecule has 0 radical (unpaired) electrons. The summed E-state index contributed by atoms with van der Waals surface area (Å²) in [5.41, 5.74) is 0.848. The molecule has 7 heteroatoms. The molecule has 2 fully saturated rings. The molecule has 1 unspecified atom stereocenters. The van der Waals surface area contributed by atoms with Gasteiger partial charge in [-0.2, -0.15) is 17.0 Å². The molecule has 0 aromatic heterocycles. The number of piperidine rings is 1. The van der Waals surface area contributed by atoms with Crippen LogP contribution in [0.1, 0.15) is 18.4 Å². The summed E-state index contributed by atoms with van der Waals surface area (Å²) in [4.78, 5) is 0. The Morgan fingerprint density at radius 1 is 1.17 bits per heavy atom. The molecular formula is C17H28N4O2S. The summed E-state index contributed by atoms with van der Waals surface area (Å²) in [5.74, 6) is 0. The lowest BCUT2D eigenvalue weighted by Crippen LogP contribution is -2.71. The van der Waals surface area contributed by atoms with E-state index in [1.54, 1.807) is 14.1 Å². The van der Waals surface area contributed by atoms with Crippen LogP contribution >= 0.6 is 0 Å². The molecular weight excluding hydrogens is 324 g/mol. The van der Waals surface area contributed by atoms with E-state index in [4.69, 9.17) is 0 Å². The second-order valence-corrected chi connectivity index (χ2v) is 9.05. The van der Waals surface area contributed by atoms with Gasteiger partial charge in [-0.1, -0.05) is 30.3 Å². The number of benzene rings is 1. The second-order valence-electron chi connectivity index (χ2n) is 7.03. The van der Waals surface area contributed by atoms with Crippen molar-refractivity contribution in [2.24, 2.45) is 0 Å². The van der Waals surface area contributed by atoms with E-state index < -0.39 is 10.2 Å². The summed E-state index contributed by atoms with van der Waals surface area (Å²) in [5, 5.41) is 6.86. The highest BCUT2D eigenvalue weighted by molar-refractivity contribution is 7.86. The number of nitrogens with zero attached hydrogens (tertiary/aromatic N) is 2. The largest absolute Gasteiger partial charge is 0.317 e. The molecule has 134 valence electrons. The van der Waals surface area contributed by atoms with E-state index in [0.717, 1.165) is 38.9 Å². The maximum Gasteiger partial charge on any atom is 0.282 e.